The van der Waals surface area contributed by atoms with Gasteiger partial charge in [0.15, 0.2) is 0 Å². The number of hydrogen-bond donors (Lipinski definition) is 1. The molecule has 2 heterocycles. The highest BCUT2D eigenvalue weighted by atomic mass is 16.2. The molecular weight excluding hydrogens is 342 g/mol. The number of hydrogen-bond acceptors (Lipinski definition) is 5. The number of nitrogens with zero attached hydrogens (tertiary/aromatic N) is 4. The predicted molar refractivity (Wildman–Crippen MR) is 103 cm³/mol. The van der Waals surface area contributed by atoms with Gasteiger partial charge in [-0.3, -0.25) is 14.5 Å². The van der Waals surface area contributed by atoms with Gasteiger partial charge in [0.1, 0.15) is 6.04 Å². The molecule has 0 bridgehead atoms. The third kappa shape index (κ3) is 4.80. The van der Waals surface area contributed by atoms with Crippen molar-refractivity contribution in [3.05, 3.63) is 0 Å². The summed E-state index contributed by atoms with van der Waals surface area (Å²) in [6.45, 7) is 8.53. The van der Waals surface area contributed by atoms with Gasteiger partial charge in [0, 0.05) is 51.2 Å². The second kappa shape index (κ2) is 8.57. The molecule has 1 aliphatic carbocycles. The molecule has 3 fully saturated rings. The summed E-state index contributed by atoms with van der Waals surface area (Å²) in [6, 6.07) is 2.59. The normalized spacial score (nSPS) is 32.3. The second-order valence-corrected chi connectivity index (χ2v) is 8.56. The molecule has 1 atom stereocenters. The Balaban J connectivity index is 1.42. The van der Waals surface area contributed by atoms with Crippen molar-refractivity contribution in [1.29, 1.82) is 5.26 Å². The number of amides is 2. The van der Waals surface area contributed by atoms with Crippen molar-refractivity contribution >= 4 is 11.8 Å². The Hall–Kier alpha value is -1.65. The largest absolute Gasteiger partial charge is 0.340 e. The Morgan fingerprint density at radius 2 is 1.78 bits per heavy atom. The molecule has 7 nitrogen and oxygen atoms in total. The van der Waals surface area contributed by atoms with Gasteiger partial charge in [0.2, 0.25) is 11.8 Å². The lowest BCUT2D eigenvalue weighted by Crippen LogP contribution is -2.55. The maximum atomic E-state index is 12.5. The summed E-state index contributed by atoms with van der Waals surface area (Å²) >= 11 is 0. The smallest absolute Gasteiger partial charge is 0.237 e. The van der Waals surface area contributed by atoms with Crippen molar-refractivity contribution in [1.82, 2.24) is 20.0 Å². The molecule has 0 radical (unpaired) electrons. The molecule has 0 spiro atoms. The third-order valence-electron chi connectivity index (χ3n) is 6.72. The first kappa shape index (κ1) is 20.1. The van der Waals surface area contributed by atoms with Crippen LogP contribution in [0.3, 0.4) is 0 Å². The Labute approximate surface area is 162 Å². The maximum Gasteiger partial charge on any atom is 0.237 e. The van der Waals surface area contributed by atoms with E-state index in [1.165, 1.54) is 0 Å². The summed E-state index contributed by atoms with van der Waals surface area (Å²) in [5.74, 6) is 0.235. The zero-order chi connectivity index (χ0) is 19.4. The minimum absolute atomic E-state index is 0.00473. The monoisotopic (exact) mass is 375 g/mol. The van der Waals surface area contributed by atoms with Crippen LogP contribution in [-0.4, -0.2) is 83.4 Å². The van der Waals surface area contributed by atoms with Gasteiger partial charge in [-0.25, -0.2) is 0 Å². The van der Waals surface area contributed by atoms with Crippen molar-refractivity contribution in [3.8, 4) is 6.07 Å². The van der Waals surface area contributed by atoms with Crippen LogP contribution >= 0.6 is 0 Å². The van der Waals surface area contributed by atoms with E-state index in [9.17, 15) is 9.59 Å². The molecule has 3 rings (SSSR count). The highest BCUT2D eigenvalue weighted by Gasteiger charge is 2.36. The van der Waals surface area contributed by atoms with Gasteiger partial charge >= 0.3 is 0 Å². The maximum absolute atomic E-state index is 12.5. The molecule has 2 saturated heterocycles. The molecule has 7 heteroatoms. The van der Waals surface area contributed by atoms with E-state index < -0.39 is 0 Å². The minimum atomic E-state index is -0.239. The van der Waals surface area contributed by atoms with E-state index in [0.717, 1.165) is 64.7 Å². The summed E-state index contributed by atoms with van der Waals surface area (Å²) in [6.07, 6.45) is 6.10. The first-order valence-corrected chi connectivity index (χ1v) is 10.4. The zero-order valence-electron chi connectivity index (χ0n) is 16.7. The first-order valence-electron chi connectivity index (χ1n) is 10.4. The van der Waals surface area contributed by atoms with Crippen molar-refractivity contribution in [2.24, 2.45) is 0 Å². The van der Waals surface area contributed by atoms with Crippen LogP contribution in [-0.2, 0) is 9.59 Å². The van der Waals surface area contributed by atoms with E-state index in [0.29, 0.717) is 19.1 Å². The lowest BCUT2D eigenvalue weighted by Gasteiger charge is -2.45. The zero-order valence-corrected chi connectivity index (χ0v) is 16.7. The third-order valence-corrected chi connectivity index (χ3v) is 6.72. The fourth-order valence-electron chi connectivity index (χ4n) is 4.77. The Kier molecular flexibility index (Phi) is 6.38. The Morgan fingerprint density at radius 3 is 2.37 bits per heavy atom. The Bertz CT molecular complexity index is 586. The molecule has 1 N–H and O–H groups in total. The van der Waals surface area contributed by atoms with Gasteiger partial charge in [-0.15, -0.1) is 0 Å². The van der Waals surface area contributed by atoms with Crippen LogP contribution in [0.2, 0.25) is 0 Å². The highest BCUT2D eigenvalue weighted by molar-refractivity contribution is 5.79. The molecule has 2 aliphatic heterocycles. The standard InChI is InChI=1S/C20H33N5O2/c1-16(26)23-10-12-24(13-11-23)17-5-7-20(2,8-6-17)22-15-19(27)25-9-3-4-18(25)14-21/h17-18,22H,3-13,15H2,1-2H3/t17?,18-,20?/m0/s1. The predicted octanol–water partition coefficient (Wildman–Crippen LogP) is 0.956. The average Bonchev–Trinajstić information content (AvgIpc) is 3.16. The highest BCUT2D eigenvalue weighted by Crippen LogP contribution is 2.31. The van der Waals surface area contributed by atoms with Gasteiger partial charge in [0.05, 0.1) is 12.6 Å². The first-order chi connectivity index (χ1) is 12.9. The molecule has 0 aromatic rings. The van der Waals surface area contributed by atoms with Gasteiger partial charge in [0.25, 0.3) is 0 Å². The lowest BCUT2D eigenvalue weighted by molar-refractivity contribution is -0.132. The number of rotatable bonds is 4. The van der Waals surface area contributed by atoms with Crippen LogP contribution in [0.4, 0.5) is 0 Å². The Morgan fingerprint density at radius 1 is 1.11 bits per heavy atom. The fourth-order valence-corrected chi connectivity index (χ4v) is 4.77. The summed E-state index contributed by atoms with van der Waals surface area (Å²) in [5.41, 5.74) is -0.00473. The topological polar surface area (TPSA) is 79.7 Å². The molecule has 27 heavy (non-hydrogen) atoms. The van der Waals surface area contributed by atoms with Crippen LogP contribution < -0.4 is 5.32 Å². The molecule has 2 amide bonds. The molecule has 0 unspecified atom stereocenters. The second-order valence-electron chi connectivity index (χ2n) is 8.56. The van der Waals surface area contributed by atoms with Gasteiger partial charge in [-0.2, -0.15) is 5.26 Å². The van der Waals surface area contributed by atoms with Crippen LogP contribution in [0.25, 0.3) is 0 Å². The molecule has 1 saturated carbocycles. The van der Waals surface area contributed by atoms with E-state index in [1.54, 1.807) is 11.8 Å². The number of nitriles is 1. The lowest BCUT2D eigenvalue weighted by atomic mass is 9.80. The van der Waals surface area contributed by atoms with E-state index >= 15 is 0 Å². The van der Waals surface area contributed by atoms with E-state index in [-0.39, 0.29) is 23.4 Å². The van der Waals surface area contributed by atoms with Crippen LogP contribution in [0.1, 0.15) is 52.4 Å². The molecule has 0 aromatic carbocycles. The summed E-state index contributed by atoms with van der Waals surface area (Å²) in [4.78, 5) is 30.1. The molecule has 150 valence electrons. The molecular formula is C20H33N5O2. The summed E-state index contributed by atoms with van der Waals surface area (Å²) in [7, 11) is 0. The van der Waals surface area contributed by atoms with Crippen LogP contribution in [0.5, 0.6) is 0 Å². The fraction of sp³-hybridized carbons (Fsp3) is 0.850. The molecule has 0 aromatic heterocycles. The number of carbonyl (C=O) groups excluding carboxylic acids is 2. The summed E-state index contributed by atoms with van der Waals surface area (Å²) < 4.78 is 0. The van der Waals surface area contributed by atoms with Crippen molar-refractivity contribution in [2.75, 3.05) is 39.3 Å². The van der Waals surface area contributed by atoms with Gasteiger partial charge in [-0.1, -0.05) is 0 Å². The van der Waals surface area contributed by atoms with Crippen molar-refractivity contribution in [2.45, 2.75) is 70.0 Å². The van der Waals surface area contributed by atoms with E-state index in [2.05, 4.69) is 23.2 Å². The number of piperazine rings is 1. The average molecular weight is 376 g/mol. The van der Waals surface area contributed by atoms with Crippen molar-refractivity contribution in [3.63, 3.8) is 0 Å². The van der Waals surface area contributed by atoms with E-state index in [1.807, 2.05) is 4.90 Å². The van der Waals surface area contributed by atoms with Crippen LogP contribution in [0.15, 0.2) is 0 Å². The summed E-state index contributed by atoms with van der Waals surface area (Å²) in [5, 5.41) is 12.7. The SMILES string of the molecule is CC(=O)N1CCN(C2CCC(C)(NCC(=O)N3CCC[C@H]3C#N)CC2)CC1. The minimum Gasteiger partial charge on any atom is -0.340 e. The molecule has 3 aliphatic rings. The van der Waals surface area contributed by atoms with E-state index in [4.69, 9.17) is 5.26 Å². The number of carbonyl (C=O) groups is 2. The van der Waals surface area contributed by atoms with Crippen LogP contribution in [0, 0.1) is 11.3 Å². The quantitative estimate of drug-likeness (QED) is 0.792. The van der Waals surface area contributed by atoms with Gasteiger partial charge < -0.3 is 15.1 Å². The number of likely N-dealkylation sites (tertiary alicyclic amines) is 1. The van der Waals surface area contributed by atoms with Gasteiger partial charge in [-0.05, 0) is 45.4 Å². The van der Waals surface area contributed by atoms with Crippen molar-refractivity contribution < 1.29 is 9.59 Å². The number of nitrogens with one attached hydrogen (secondary N) is 1.